The van der Waals surface area contributed by atoms with E-state index < -0.39 is 5.54 Å². The molecule has 20 heavy (non-hydrogen) atoms. The summed E-state index contributed by atoms with van der Waals surface area (Å²) in [5, 5.41) is 0. The minimum Gasteiger partial charge on any atom is -0.297 e. The van der Waals surface area contributed by atoms with Crippen LogP contribution in [-0.4, -0.2) is 29.3 Å². The van der Waals surface area contributed by atoms with Gasteiger partial charge in [-0.05, 0) is 43.6 Å². The van der Waals surface area contributed by atoms with Crippen LogP contribution in [0.1, 0.15) is 46.1 Å². The molecule has 0 amide bonds. The number of nitrogens with zero attached hydrogens (tertiary/aromatic N) is 1. The molecular weight excluding hydrogens is 253 g/mol. The predicted octanol–water partition coefficient (Wildman–Crippen LogP) is 3.84. The van der Waals surface area contributed by atoms with Gasteiger partial charge in [-0.1, -0.05) is 39.8 Å². The number of hydrogen-bond donors (Lipinski definition) is 0. The van der Waals surface area contributed by atoms with Gasteiger partial charge in [0.1, 0.15) is 5.82 Å². The molecule has 1 aromatic carbocycles. The summed E-state index contributed by atoms with van der Waals surface area (Å²) in [7, 11) is 0. The lowest BCUT2D eigenvalue weighted by atomic mass is 9.83. The maximum atomic E-state index is 12.9. The minimum atomic E-state index is -0.391. The largest absolute Gasteiger partial charge is 0.297 e. The third-order valence-corrected chi connectivity index (χ3v) is 4.34. The Morgan fingerprint density at radius 2 is 1.55 bits per heavy atom. The fraction of sp³-hybridized carbons (Fsp3) is 0.588. The van der Waals surface area contributed by atoms with Crippen LogP contribution in [0.2, 0.25) is 0 Å². The molecule has 0 aromatic heterocycles. The third kappa shape index (κ3) is 3.45. The highest BCUT2D eigenvalue weighted by atomic mass is 19.1. The molecule has 0 saturated heterocycles. The normalized spacial score (nSPS) is 11.9. The number of likely N-dealkylation sites (N-methyl/N-ethyl adjacent to an activating group) is 1. The van der Waals surface area contributed by atoms with Crippen LogP contribution in [-0.2, 0) is 11.2 Å². The van der Waals surface area contributed by atoms with E-state index in [1.807, 2.05) is 0 Å². The minimum absolute atomic E-state index is 0.234. The average molecular weight is 279 g/mol. The quantitative estimate of drug-likeness (QED) is 0.720. The Morgan fingerprint density at radius 3 is 1.95 bits per heavy atom. The average Bonchev–Trinajstić information content (AvgIpc) is 2.47. The van der Waals surface area contributed by atoms with E-state index in [4.69, 9.17) is 0 Å². The van der Waals surface area contributed by atoms with Crippen molar-refractivity contribution in [3.63, 3.8) is 0 Å². The van der Waals surface area contributed by atoms with Gasteiger partial charge in [0.15, 0.2) is 5.78 Å². The number of rotatable bonds is 8. The molecule has 112 valence electrons. The summed E-state index contributed by atoms with van der Waals surface area (Å²) in [6.45, 7) is 10.1. The van der Waals surface area contributed by atoms with E-state index in [0.29, 0.717) is 6.42 Å². The van der Waals surface area contributed by atoms with E-state index in [0.717, 1.165) is 31.5 Å². The number of halogens is 1. The van der Waals surface area contributed by atoms with Crippen molar-refractivity contribution in [2.75, 3.05) is 13.1 Å². The standard InChI is InChI=1S/C17H26FNO/c1-5-17(6-2,19(7-3)8-4)16(20)13-14-9-11-15(18)12-10-14/h9-12H,5-8,13H2,1-4H3. The van der Waals surface area contributed by atoms with Crippen LogP contribution in [0.3, 0.4) is 0 Å². The van der Waals surface area contributed by atoms with E-state index >= 15 is 0 Å². The molecule has 0 radical (unpaired) electrons. The summed E-state index contributed by atoms with van der Waals surface area (Å²) in [4.78, 5) is 15.1. The first-order valence-electron chi connectivity index (χ1n) is 7.56. The van der Waals surface area contributed by atoms with Crippen LogP contribution >= 0.6 is 0 Å². The topological polar surface area (TPSA) is 20.3 Å². The Hall–Kier alpha value is -1.22. The van der Waals surface area contributed by atoms with Crippen LogP contribution in [0.15, 0.2) is 24.3 Å². The van der Waals surface area contributed by atoms with Crippen LogP contribution in [0.5, 0.6) is 0 Å². The Labute approximate surface area is 122 Å². The van der Waals surface area contributed by atoms with E-state index in [2.05, 4.69) is 32.6 Å². The Kier molecular flexibility index (Phi) is 6.34. The van der Waals surface area contributed by atoms with Crippen molar-refractivity contribution in [2.24, 2.45) is 0 Å². The van der Waals surface area contributed by atoms with Gasteiger partial charge in [-0.3, -0.25) is 9.69 Å². The first-order valence-corrected chi connectivity index (χ1v) is 7.56. The summed E-state index contributed by atoms with van der Waals surface area (Å²) in [5.74, 6) is -0.0278. The van der Waals surface area contributed by atoms with Gasteiger partial charge < -0.3 is 0 Å². The number of ketones is 1. The number of carbonyl (C=O) groups is 1. The van der Waals surface area contributed by atoms with Crippen molar-refractivity contribution < 1.29 is 9.18 Å². The van der Waals surface area contributed by atoms with Crippen LogP contribution < -0.4 is 0 Å². The van der Waals surface area contributed by atoms with Crippen LogP contribution in [0, 0.1) is 5.82 Å². The van der Waals surface area contributed by atoms with E-state index in [9.17, 15) is 9.18 Å². The molecule has 3 heteroatoms. The highest BCUT2D eigenvalue weighted by molar-refractivity contribution is 5.90. The summed E-state index contributed by atoms with van der Waals surface area (Å²) < 4.78 is 12.9. The second kappa shape index (κ2) is 7.53. The maximum Gasteiger partial charge on any atom is 0.157 e. The van der Waals surface area contributed by atoms with E-state index in [-0.39, 0.29) is 11.6 Å². The van der Waals surface area contributed by atoms with Crippen molar-refractivity contribution in [2.45, 2.75) is 52.5 Å². The molecule has 0 spiro atoms. The molecular formula is C17H26FNO. The second-order valence-corrected chi connectivity index (χ2v) is 5.14. The molecule has 2 nitrogen and oxygen atoms in total. The third-order valence-electron chi connectivity index (χ3n) is 4.34. The number of hydrogen-bond acceptors (Lipinski definition) is 2. The maximum absolute atomic E-state index is 12.9. The SMILES string of the molecule is CCN(CC)C(CC)(CC)C(=O)Cc1ccc(F)cc1. The van der Waals surface area contributed by atoms with Gasteiger partial charge in [0.25, 0.3) is 0 Å². The van der Waals surface area contributed by atoms with E-state index in [1.54, 1.807) is 12.1 Å². The number of carbonyl (C=O) groups excluding carboxylic acids is 1. The lowest BCUT2D eigenvalue weighted by Crippen LogP contribution is -2.54. The van der Waals surface area contributed by atoms with E-state index in [1.165, 1.54) is 12.1 Å². The first kappa shape index (κ1) is 16.8. The highest BCUT2D eigenvalue weighted by Crippen LogP contribution is 2.26. The zero-order chi connectivity index (χ0) is 15.2. The number of benzene rings is 1. The molecule has 0 saturated carbocycles. The second-order valence-electron chi connectivity index (χ2n) is 5.14. The zero-order valence-corrected chi connectivity index (χ0v) is 13.1. The molecule has 0 fully saturated rings. The Morgan fingerprint density at radius 1 is 1.05 bits per heavy atom. The molecule has 0 aliphatic heterocycles. The molecule has 0 heterocycles. The summed E-state index contributed by atoms with van der Waals surface area (Å²) >= 11 is 0. The van der Waals surface area contributed by atoms with Crippen molar-refractivity contribution in [1.29, 1.82) is 0 Å². The lowest BCUT2D eigenvalue weighted by Gasteiger charge is -2.41. The molecule has 0 N–H and O–H groups in total. The molecule has 0 aliphatic carbocycles. The smallest absolute Gasteiger partial charge is 0.157 e. The fourth-order valence-corrected chi connectivity index (χ4v) is 3.05. The Balaban J connectivity index is 2.96. The van der Waals surface area contributed by atoms with Gasteiger partial charge >= 0.3 is 0 Å². The summed E-state index contributed by atoms with van der Waals surface area (Å²) in [6.07, 6.45) is 1.99. The van der Waals surface area contributed by atoms with Crippen molar-refractivity contribution in [1.82, 2.24) is 4.90 Å². The van der Waals surface area contributed by atoms with Gasteiger partial charge in [-0.25, -0.2) is 4.39 Å². The molecule has 0 bridgehead atoms. The highest BCUT2D eigenvalue weighted by Gasteiger charge is 2.38. The number of Topliss-reactive ketones (excluding diaryl/α,β-unsaturated/α-hetero) is 1. The zero-order valence-electron chi connectivity index (χ0n) is 13.1. The van der Waals surface area contributed by atoms with Gasteiger partial charge in [0.2, 0.25) is 0 Å². The van der Waals surface area contributed by atoms with Crippen molar-refractivity contribution in [3.05, 3.63) is 35.6 Å². The molecule has 0 aliphatic rings. The first-order chi connectivity index (χ1) is 9.53. The Bertz CT molecular complexity index is 419. The molecule has 0 atom stereocenters. The van der Waals surface area contributed by atoms with Gasteiger partial charge in [0.05, 0.1) is 5.54 Å². The monoisotopic (exact) mass is 279 g/mol. The summed E-state index contributed by atoms with van der Waals surface area (Å²) in [5.41, 5.74) is 0.493. The van der Waals surface area contributed by atoms with Gasteiger partial charge in [-0.15, -0.1) is 0 Å². The molecule has 1 rings (SSSR count). The van der Waals surface area contributed by atoms with Crippen molar-refractivity contribution >= 4 is 5.78 Å². The van der Waals surface area contributed by atoms with Gasteiger partial charge in [0, 0.05) is 6.42 Å². The fourth-order valence-electron chi connectivity index (χ4n) is 3.05. The van der Waals surface area contributed by atoms with Crippen LogP contribution in [0.25, 0.3) is 0 Å². The van der Waals surface area contributed by atoms with Crippen molar-refractivity contribution in [3.8, 4) is 0 Å². The molecule has 0 unspecified atom stereocenters. The molecule has 1 aromatic rings. The lowest BCUT2D eigenvalue weighted by molar-refractivity contribution is -0.131. The van der Waals surface area contributed by atoms with Crippen LogP contribution in [0.4, 0.5) is 4.39 Å². The summed E-state index contributed by atoms with van der Waals surface area (Å²) in [6, 6.07) is 6.23. The van der Waals surface area contributed by atoms with Gasteiger partial charge in [-0.2, -0.15) is 0 Å². The predicted molar refractivity (Wildman–Crippen MR) is 81.3 cm³/mol.